The minimum Gasteiger partial charge on any atom is -0.0887 e. The molecule has 20 heavy (non-hydrogen) atoms. The molecule has 0 saturated heterocycles. The summed E-state index contributed by atoms with van der Waals surface area (Å²) in [5, 5.41) is 0. The highest BCUT2D eigenvalue weighted by atomic mass is 79.9. The van der Waals surface area contributed by atoms with Gasteiger partial charge < -0.3 is 0 Å². The van der Waals surface area contributed by atoms with E-state index in [1.807, 2.05) is 0 Å². The highest BCUT2D eigenvalue weighted by Gasteiger charge is 2.52. The lowest BCUT2D eigenvalue weighted by molar-refractivity contribution is 0.0947. The van der Waals surface area contributed by atoms with Crippen molar-refractivity contribution in [2.75, 3.05) is 0 Å². The fourth-order valence-electron chi connectivity index (χ4n) is 5.29. The first-order chi connectivity index (χ1) is 9.60. The zero-order valence-electron chi connectivity index (χ0n) is 12.4. The molecule has 1 saturated carbocycles. The molecular weight excluding hydrogens is 308 g/mol. The third kappa shape index (κ3) is 1.65. The molecule has 1 aromatic rings. The Kier molecular flexibility index (Phi) is 2.93. The molecule has 1 aromatic carbocycles. The van der Waals surface area contributed by atoms with Gasteiger partial charge in [0.15, 0.2) is 0 Å². The van der Waals surface area contributed by atoms with Crippen LogP contribution in [-0.4, -0.2) is 4.83 Å². The van der Waals surface area contributed by atoms with Crippen LogP contribution in [0, 0.1) is 17.8 Å². The zero-order chi connectivity index (χ0) is 13.9. The molecule has 0 bridgehead atoms. The van der Waals surface area contributed by atoms with Gasteiger partial charge in [-0.15, -0.1) is 0 Å². The summed E-state index contributed by atoms with van der Waals surface area (Å²) in [7, 11) is 0. The molecule has 1 fully saturated rings. The Morgan fingerprint density at radius 1 is 1.15 bits per heavy atom. The van der Waals surface area contributed by atoms with Crippen LogP contribution in [0.1, 0.15) is 50.2 Å². The molecule has 5 unspecified atom stereocenters. The number of rotatable bonds is 0. The van der Waals surface area contributed by atoms with Gasteiger partial charge in [-0.25, -0.2) is 0 Å². The second kappa shape index (κ2) is 4.47. The summed E-state index contributed by atoms with van der Waals surface area (Å²) < 4.78 is 0. The van der Waals surface area contributed by atoms with Crippen LogP contribution in [0.15, 0.2) is 36.4 Å². The molecule has 0 heterocycles. The lowest BCUT2D eigenvalue weighted by Gasteiger charge is -2.55. The van der Waals surface area contributed by atoms with Crippen molar-refractivity contribution in [1.29, 1.82) is 0 Å². The van der Waals surface area contributed by atoms with E-state index in [1.54, 1.807) is 11.1 Å². The van der Waals surface area contributed by atoms with Gasteiger partial charge in [-0.3, -0.25) is 0 Å². The first kappa shape index (κ1) is 13.1. The van der Waals surface area contributed by atoms with Gasteiger partial charge >= 0.3 is 0 Å². The second-order valence-corrected chi connectivity index (χ2v) is 8.62. The highest BCUT2D eigenvalue weighted by Crippen LogP contribution is 2.59. The van der Waals surface area contributed by atoms with Crippen molar-refractivity contribution in [2.45, 2.75) is 49.3 Å². The third-order valence-electron chi connectivity index (χ3n) is 6.23. The van der Waals surface area contributed by atoms with E-state index in [-0.39, 0.29) is 5.41 Å². The Morgan fingerprint density at radius 3 is 2.80 bits per heavy atom. The van der Waals surface area contributed by atoms with Crippen LogP contribution >= 0.6 is 15.9 Å². The third-order valence-corrected chi connectivity index (χ3v) is 7.37. The number of hydrogen-bond acceptors (Lipinski definition) is 0. The van der Waals surface area contributed by atoms with Crippen molar-refractivity contribution in [1.82, 2.24) is 0 Å². The van der Waals surface area contributed by atoms with Gasteiger partial charge in [-0.05, 0) is 59.5 Å². The van der Waals surface area contributed by atoms with Gasteiger partial charge in [-0.2, -0.15) is 0 Å². The van der Waals surface area contributed by atoms with Crippen LogP contribution in [0.3, 0.4) is 0 Å². The quantitative estimate of drug-likeness (QED) is 0.439. The smallest absolute Gasteiger partial charge is 0.0180 e. The van der Waals surface area contributed by atoms with Gasteiger partial charge in [0.05, 0.1) is 0 Å². The lowest BCUT2D eigenvalue weighted by Crippen LogP contribution is -2.49. The predicted octanol–water partition coefficient (Wildman–Crippen LogP) is 5.43. The maximum Gasteiger partial charge on any atom is 0.0180 e. The number of benzene rings is 1. The van der Waals surface area contributed by atoms with Gasteiger partial charge in [0.25, 0.3) is 0 Å². The first-order valence-electron chi connectivity index (χ1n) is 8.01. The van der Waals surface area contributed by atoms with E-state index in [1.165, 1.54) is 19.3 Å². The number of hydrogen-bond donors (Lipinski definition) is 0. The van der Waals surface area contributed by atoms with Gasteiger partial charge in [0.2, 0.25) is 0 Å². The SMILES string of the molecule is CC1(C)c2ccccc2C2CCC(Br)C3CC=CC1C23. The van der Waals surface area contributed by atoms with Crippen molar-refractivity contribution >= 4 is 15.9 Å². The molecule has 0 spiro atoms. The number of halogens is 1. The summed E-state index contributed by atoms with van der Waals surface area (Å²) in [4.78, 5) is 0.720. The van der Waals surface area contributed by atoms with E-state index in [2.05, 4.69) is 66.2 Å². The fourth-order valence-corrected chi connectivity index (χ4v) is 6.12. The maximum atomic E-state index is 3.98. The van der Waals surface area contributed by atoms with Gasteiger partial charge in [0, 0.05) is 4.83 Å². The van der Waals surface area contributed by atoms with E-state index < -0.39 is 0 Å². The molecule has 3 aliphatic rings. The molecule has 106 valence electrons. The number of alkyl halides is 1. The molecule has 3 aliphatic carbocycles. The van der Waals surface area contributed by atoms with Crippen LogP contribution in [0.25, 0.3) is 0 Å². The molecule has 0 amide bonds. The zero-order valence-corrected chi connectivity index (χ0v) is 13.9. The van der Waals surface area contributed by atoms with Crippen LogP contribution in [0.5, 0.6) is 0 Å². The van der Waals surface area contributed by atoms with Crippen LogP contribution in [-0.2, 0) is 5.41 Å². The van der Waals surface area contributed by atoms with E-state index in [0.29, 0.717) is 5.92 Å². The molecule has 0 nitrogen and oxygen atoms in total. The van der Waals surface area contributed by atoms with Gasteiger partial charge in [-0.1, -0.05) is 66.2 Å². The summed E-state index contributed by atoms with van der Waals surface area (Å²) >= 11 is 3.98. The van der Waals surface area contributed by atoms with Crippen molar-refractivity contribution in [2.24, 2.45) is 17.8 Å². The van der Waals surface area contributed by atoms with E-state index in [0.717, 1.165) is 22.6 Å². The van der Waals surface area contributed by atoms with Crippen molar-refractivity contribution in [3.63, 3.8) is 0 Å². The van der Waals surface area contributed by atoms with E-state index in [4.69, 9.17) is 0 Å². The topological polar surface area (TPSA) is 0 Å². The summed E-state index contributed by atoms with van der Waals surface area (Å²) in [5.74, 6) is 3.16. The van der Waals surface area contributed by atoms with Crippen LogP contribution in [0.2, 0.25) is 0 Å². The monoisotopic (exact) mass is 330 g/mol. The van der Waals surface area contributed by atoms with E-state index in [9.17, 15) is 0 Å². The normalized spacial score (nSPS) is 40.9. The molecule has 0 aliphatic heterocycles. The van der Waals surface area contributed by atoms with Crippen LogP contribution < -0.4 is 0 Å². The van der Waals surface area contributed by atoms with Crippen molar-refractivity contribution in [3.8, 4) is 0 Å². The first-order valence-corrected chi connectivity index (χ1v) is 8.92. The largest absolute Gasteiger partial charge is 0.0887 e. The molecule has 1 heteroatoms. The molecule has 0 radical (unpaired) electrons. The highest BCUT2D eigenvalue weighted by molar-refractivity contribution is 9.09. The average Bonchev–Trinajstić information content (AvgIpc) is 2.46. The summed E-state index contributed by atoms with van der Waals surface area (Å²) in [5.41, 5.74) is 3.53. The Bertz CT molecular complexity index is 557. The maximum absolute atomic E-state index is 3.98. The van der Waals surface area contributed by atoms with Gasteiger partial charge in [0.1, 0.15) is 0 Å². The Labute approximate surface area is 130 Å². The average molecular weight is 331 g/mol. The second-order valence-electron chi connectivity index (χ2n) is 7.44. The number of allylic oxidation sites excluding steroid dienone is 2. The van der Waals surface area contributed by atoms with Crippen LogP contribution in [0.4, 0.5) is 0 Å². The molecule has 0 aromatic heterocycles. The van der Waals surface area contributed by atoms with E-state index >= 15 is 0 Å². The molecule has 5 atom stereocenters. The number of fused-ring (bicyclic) bond motifs is 2. The standard InChI is InChI=1S/C19H23Br/c1-19(2)15-8-4-3-6-12(15)13-10-11-17(20)14-7-5-9-16(19)18(13)14/h3-6,8-9,13-14,16-18H,7,10-11H2,1-2H3. The van der Waals surface area contributed by atoms with Crippen molar-refractivity contribution in [3.05, 3.63) is 47.5 Å². The minimum atomic E-state index is 0.275. The van der Waals surface area contributed by atoms with Crippen molar-refractivity contribution < 1.29 is 0 Å². The minimum absolute atomic E-state index is 0.275. The predicted molar refractivity (Wildman–Crippen MR) is 88.4 cm³/mol. The molecule has 4 rings (SSSR count). The Balaban J connectivity index is 1.92. The lowest BCUT2D eigenvalue weighted by atomic mass is 9.50. The molecule has 0 N–H and O–H groups in total. The summed E-state index contributed by atoms with van der Waals surface area (Å²) in [6.45, 7) is 4.91. The fraction of sp³-hybridized carbons (Fsp3) is 0.579. The molecular formula is C19H23Br. The summed E-state index contributed by atoms with van der Waals surface area (Å²) in [6, 6.07) is 9.25. The Hall–Kier alpha value is -0.560. The Morgan fingerprint density at radius 2 is 1.95 bits per heavy atom. The summed E-state index contributed by atoms with van der Waals surface area (Å²) in [6.07, 6.45) is 8.95.